The van der Waals surface area contributed by atoms with E-state index in [-0.39, 0.29) is 17.2 Å². The molecule has 2 fully saturated rings. The maximum atomic E-state index is 11.1. The summed E-state index contributed by atoms with van der Waals surface area (Å²) in [5.74, 6) is 0. The predicted molar refractivity (Wildman–Crippen MR) is 57.8 cm³/mol. The molecule has 1 spiro atoms. The minimum absolute atomic E-state index is 0.155. The molecule has 2 aliphatic heterocycles. The van der Waals surface area contributed by atoms with E-state index in [4.69, 9.17) is 4.74 Å². The molecular formula is C11H20N2O2. The number of alkyl carbamates (subject to hydrolysis) is 1. The third-order valence-corrected chi connectivity index (χ3v) is 3.35. The summed E-state index contributed by atoms with van der Waals surface area (Å²) in [5.41, 5.74) is -0.106. The highest BCUT2D eigenvalue weighted by Crippen LogP contribution is 2.31. The Labute approximate surface area is 91.0 Å². The van der Waals surface area contributed by atoms with Crippen LogP contribution in [0.5, 0.6) is 0 Å². The number of hydrogen-bond donors (Lipinski definition) is 1. The number of hydrogen-bond acceptors (Lipinski definition) is 3. The Balaban J connectivity index is 2.07. The number of nitrogens with one attached hydrogen (secondary N) is 1. The Morgan fingerprint density at radius 3 is 2.73 bits per heavy atom. The van der Waals surface area contributed by atoms with Crippen LogP contribution in [0.15, 0.2) is 0 Å². The Kier molecular flexibility index (Phi) is 2.41. The molecule has 1 N–H and O–H groups in total. The van der Waals surface area contributed by atoms with Gasteiger partial charge in [0, 0.05) is 12.1 Å². The van der Waals surface area contributed by atoms with Gasteiger partial charge in [0.1, 0.15) is 5.60 Å². The van der Waals surface area contributed by atoms with Crippen molar-refractivity contribution in [2.75, 3.05) is 19.6 Å². The molecule has 0 aliphatic carbocycles. The third-order valence-electron chi connectivity index (χ3n) is 3.35. The van der Waals surface area contributed by atoms with Gasteiger partial charge in [-0.3, -0.25) is 4.90 Å². The molecule has 0 bridgehead atoms. The first-order valence-corrected chi connectivity index (χ1v) is 5.63. The number of amides is 1. The minimum Gasteiger partial charge on any atom is -0.440 e. The van der Waals surface area contributed by atoms with E-state index in [9.17, 15) is 4.79 Å². The van der Waals surface area contributed by atoms with E-state index in [1.807, 2.05) is 0 Å². The summed E-state index contributed by atoms with van der Waals surface area (Å²) in [5, 5.41) is 2.76. The summed E-state index contributed by atoms with van der Waals surface area (Å²) in [6, 6.07) is 0. The molecule has 2 saturated heterocycles. The van der Waals surface area contributed by atoms with Crippen molar-refractivity contribution in [2.45, 2.75) is 44.8 Å². The molecule has 4 nitrogen and oxygen atoms in total. The van der Waals surface area contributed by atoms with Crippen LogP contribution in [-0.2, 0) is 4.74 Å². The van der Waals surface area contributed by atoms with E-state index in [1.54, 1.807) is 0 Å². The van der Waals surface area contributed by atoms with Crippen LogP contribution in [0.2, 0.25) is 0 Å². The van der Waals surface area contributed by atoms with E-state index in [2.05, 4.69) is 31.0 Å². The van der Waals surface area contributed by atoms with Crippen molar-refractivity contribution in [3.05, 3.63) is 0 Å². The van der Waals surface area contributed by atoms with E-state index in [0.717, 1.165) is 25.9 Å². The van der Waals surface area contributed by atoms with Crippen molar-refractivity contribution in [1.29, 1.82) is 0 Å². The molecule has 0 radical (unpaired) electrons. The van der Waals surface area contributed by atoms with Crippen LogP contribution >= 0.6 is 0 Å². The highest BCUT2D eigenvalue weighted by Gasteiger charge is 2.45. The fourth-order valence-electron chi connectivity index (χ4n) is 2.40. The summed E-state index contributed by atoms with van der Waals surface area (Å²) in [6.45, 7) is 9.24. The van der Waals surface area contributed by atoms with Crippen LogP contribution in [-0.4, -0.2) is 41.8 Å². The van der Waals surface area contributed by atoms with Gasteiger partial charge < -0.3 is 10.1 Å². The van der Waals surface area contributed by atoms with Crippen molar-refractivity contribution in [2.24, 2.45) is 0 Å². The zero-order valence-electron chi connectivity index (χ0n) is 9.80. The summed E-state index contributed by atoms with van der Waals surface area (Å²) < 4.78 is 5.42. The molecule has 1 amide bonds. The van der Waals surface area contributed by atoms with Crippen molar-refractivity contribution in [3.63, 3.8) is 0 Å². The maximum absolute atomic E-state index is 11.1. The first-order valence-electron chi connectivity index (χ1n) is 5.63. The molecular weight excluding hydrogens is 192 g/mol. The highest BCUT2D eigenvalue weighted by atomic mass is 16.6. The van der Waals surface area contributed by atoms with Gasteiger partial charge in [-0.25, -0.2) is 4.79 Å². The van der Waals surface area contributed by atoms with Crippen LogP contribution in [0, 0.1) is 0 Å². The van der Waals surface area contributed by atoms with Crippen molar-refractivity contribution in [3.8, 4) is 0 Å². The van der Waals surface area contributed by atoms with Gasteiger partial charge in [0.15, 0.2) is 0 Å². The summed E-state index contributed by atoms with van der Waals surface area (Å²) in [7, 11) is 0. The Morgan fingerprint density at radius 2 is 2.20 bits per heavy atom. The molecule has 1 unspecified atom stereocenters. The van der Waals surface area contributed by atoms with Gasteiger partial charge in [0.25, 0.3) is 0 Å². The summed E-state index contributed by atoms with van der Waals surface area (Å²) in [4.78, 5) is 13.5. The molecule has 4 heteroatoms. The number of nitrogens with zero attached hydrogens (tertiary/aromatic N) is 1. The number of likely N-dealkylation sites (tertiary alicyclic amines) is 1. The van der Waals surface area contributed by atoms with Gasteiger partial charge in [-0.1, -0.05) is 0 Å². The van der Waals surface area contributed by atoms with Crippen LogP contribution in [0.3, 0.4) is 0 Å². The quantitative estimate of drug-likeness (QED) is 0.659. The van der Waals surface area contributed by atoms with E-state index in [1.165, 1.54) is 0 Å². The van der Waals surface area contributed by atoms with Crippen LogP contribution in [0.1, 0.15) is 33.6 Å². The molecule has 1 atom stereocenters. The molecule has 0 aromatic carbocycles. The van der Waals surface area contributed by atoms with Crippen LogP contribution < -0.4 is 5.32 Å². The SMILES string of the molecule is CC(C)(C)N1CCCC2(CNC(=O)O2)C1. The lowest BCUT2D eigenvalue weighted by molar-refractivity contribution is -0.0372. The normalized spacial score (nSPS) is 32.9. The van der Waals surface area contributed by atoms with Gasteiger partial charge >= 0.3 is 6.09 Å². The second kappa shape index (κ2) is 3.37. The van der Waals surface area contributed by atoms with Crippen LogP contribution in [0.4, 0.5) is 4.79 Å². The molecule has 0 aromatic rings. The lowest BCUT2D eigenvalue weighted by atomic mass is 9.90. The van der Waals surface area contributed by atoms with Crippen molar-refractivity contribution < 1.29 is 9.53 Å². The zero-order valence-corrected chi connectivity index (χ0v) is 9.80. The Bertz CT molecular complexity index is 272. The number of ether oxygens (including phenoxy) is 1. The van der Waals surface area contributed by atoms with Gasteiger partial charge in [0.2, 0.25) is 0 Å². The summed E-state index contributed by atoms with van der Waals surface area (Å²) in [6.07, 6.45) is 1.83. The number of piperidine rings is 1. The lowest BCUT2D eigenvalue weighted by Crippen LogP contribution is -2.56. The standard InChI is InChI=1S/C11H20N2O2/c1-10(2,3)13-6-4-5-11(8-13)7-12-9(14)15-11/h4-8H2,1-3H3,(H,12,14). The summed E-state index contributed by atoms with van der Waals surface area (Å²) >= 11 is 0. The lowest BCUT2D eigenvalue weighted by Gasteiger charge is -2.44. The average Bonchev–Trinajstić information content (AvgIpc) is 2.46. The van der Waals surface area contributed by atoms with E-state index in [0.29, 0.717) is 6.54 Å². The fourth-order valence-corrected chi connectivity index (χ4v) is 2.40. The largest absolute Gasteiger partial charge is 0.440 e. The highest BCUT2D eigenvalue weighted by molar-refractivity contribution is 5.70. The molecule has 2 aliphatic rings. The fraction of sp³-hybridized carbons (Fsp3) is 0.909. The van der Waals surface area contributed by atoms with Gasteiger partial charge in [-0.05, 0) is 40.2 Å². The zero-order chi connectivity index (χ0) is 11.1. The monoisotopic (exact) mass is 212 g/mol. The number of carbonyl (C=O) groups excluding carboxylic acids is 1. The second-order valence-corrected chi connectivity index (χ2v) is 5.62. The van der Waals surface area contributed by atoms with E-state index >= 15 is 0 Å². The predicted octanol–water partition coefficient (Wildman–Crippen LogP) is 1.36. The van der Waals surface area contributed by atoms with E-state index < -0.39 is 0 Å². The van der Waals surface area contributed by atoms with Gasteiger partial charge in [-0.15, -0.1) is 0 Å². The maximum Gasteiger partial charge on any atom is 0.407 e. The molecule has 0 aromatic heterocycles. The van der Waals surface area contributed by atoms with Gasteiger partial charge in [-0.2, -0.15) is 0 Å². The number of rotatable bonds is 0. The Morgan fingerprint density at radius 1 is 1.47 bits per heavy atom. The number of carbonyl (C=O) groups is 1. The molecule has 86 valence electrons. The third kappa shape index (κ3) is 2.09. The van der Waals surface area contributed by atoms with Gasteiger partial charge in [0.05, 0.1) is 6.54 Å². The average molecular weight is 212 g/mol. The molecule has 2 heterocycles. The second-order valence-electron chi connectivity index (χ2n) is 5.62. The molecule has 2 rings (SSSR count). The smallest absolute Gasteiger partial charge is 0.407 e. The first kappa shape index (κ1) is 10.7. The Hall–Kier alpha value is -0.770. The van der Waals surface area contributed by atoms with Crippen LogP contribution in [0.25, 0.3) is 0 Å². The topological polar surface area (TPSA) is 41.6 Å². The molecule has 15 heavy (non-hydrogen) atoms. The molecule has 0 saturated carbocycles. The first-order chi connectivity index (χ1) is 6.91. The minimum atomic E-state index is -0.261. The van der Waals surface area contributed by atoms with Crippen molar-refractivity contribution in [1.82, 2.24) is 10.2 Å². The van der Waals surface area contributed by atoms with Crippen molar-refractivity contribution >= 4 is 6.09 Å².